The van der Waals surface area contributed by atoms with Crippen LogP contribution < -0.4 is 10.1 Å². The maximum absolute atomic E-state index is 5.33. The van der Waals surface area contributed by atoms with Crippen LogP contribution in [0.4, 0.5) is 10.8 Å². The van der Waals surface area contributed by atoms with Crippen LogP contribution in [0.5, 0.6) is 5.75 Å². The maximum Gasteiger partial charge on any atom is 0.187 e. The number of nitrogens with zero attached hydrogens (tertiary/aromatic N) is 2. The minimum absolute atomic E-state index is 0.798. The lowest BCUT2D eigenvalue weighted by Gasteiger charge is -2.08. The summed E-state index contributed by atoms with van der Waals surface area (Å²) in [6, 6.07) is 9.87. The van der Waals surface area contributed by atoms with E-state index >= 15 is 0 Å². The molecular weight excluding hydrogens is 282 g/mol. The fourth-order valence-corrected chi connectivity index (χ4v) is 2.75. The van der Waals surface area contributed by atoms with Crippen LogP contribution in [0.25, 0.3) is 11.3 Å². The van der Waals surface area contributed by atoms with Gasteiger partial charge in [0.15, 0.2) is 5.13 Å². The zero-order chi connectivity index (χ0) is 14.7. The molecule has 0 spiro atoms. The van der Waals surface area contributed by atoms with Gasteiger partial charge in [-0.3, -0.25) is 4.98 Å². The van der Waals surface area contributed by atoms with E-state index in [2.05, 4.69) is 21.4 Å². The minimum Gasteiger partial charge on any atom is -0.495 e. The Hall–Kier alpha value is -2.40. The van der Waals surface area contributed by atoms with E-state index in [-0.39, 0.29) is 0 Å². The molecule has 0 saturated heterocycles. The number of aryl methyl sites for hydroxylation is 1. The van der Waals surface area contributed by atoms with Gasteiger partial charge in [-0.15, -0.1) is 11.3 Å². The van der Waals surface area contributed by atoms with Crippen LogP contribution in [0.2, 0.25) is 0 Å². The molecule has 4 nitrogen and oxygen atoms in total. The Labute approximate surface area is 127 Å². The van der Waals surface area contributed by atoms with E-state index in [1.54, 1.807) is 18.4 Å². The van der Waals surface area contributed by atoms with Crippen molar-refractivity contribution in [1.29, 1.82) is 0 Å². The standard InChI is InChI=1S/C16H15N3OS/c1-11-7-12(9-17-8-11)14-10-21-16(19-14)18-13-5-3-4-6-15(13)20-2/h3-10H,1-2H3,(H,18,19). The summed E-state index contributed by atoms with van der Waals surface area (Å²) in [5.74, 6) is 0.798. The summed E-state index contributed by atoms with van der Waals surface area (Å²) in [5.41, 5.74) is 3.98. The van der Waals surface area contributed by atoms with Crippen molar-refractivity contribution in [2.45, 2.75) is 6.92 Å². The number of para-hydroxylation sites is 2. The first-order valence-electron chi connectivity index (χ1n) is 6.54. The third kappa shape index (κ3) is 3.03. The van der Waals surface area contributed by atoms with Crippen LogP contribution in [-0.4, -0.2) is 17.1 Å². The number of methoxy groups -OCH3 is 1. The number of anilines is 2. The van der Waals surface area contributed by atoms with Crippen LogP contribution in [0.3, 0.4) is 0 Å². The van der Waals surface area contributed by atoms with Crippen molar-refractivity contribution in [3.05, 3.63) is 53.7 Å². The summed E-state index contributed by atoms with van der Waals surface area (Å²) in [5, 5.41) is 6.14. The molecule has 2 heterocycles. The fourth-order valence-electron chi connectivity index (χ4n) is 2.02. The van der Waals surface area contributed by atoms with Crippen LogP contribution in [0.15, 0.2) is 48.1 Å². The third-order valence-electron chi connectivity index (χ3n) is 3.02. The number of benzene rings is 1. The van der Waals surface area contributed by atoms with Crippen molar-refractivity contribution in [1.82, 2.24) is 9.97 Å². The molecule has 106 valence electrons. The zero-order valence-electron chi connectivity index (χ0n) is 11.8. The van der Waals surface area contributed by atoms with Crippen LogP contribution in [-0.2, 0) is 0 Å². The Kier molecular flexibility index (Phi) is 3.83. The van der Waals surface area contributed by atoms with Gasteiger partial charge in [-0.05, 0) is 30.7 Å². The van der Waals surface area contributed by atoms with Crippen molar-refractivity contribution in [3.8, 4) is 17.0 Å². The quantitative estimate of drug-likeness (QED) is 0.781. The van der Waals surface area contributed by atoms with Gasteiger partial charge < -0.3 is 10.1 Å². The van der Waals surface area contributed by atoms with Crippen LogP contribution in [0.1, 0.15) is 5.56 Å². The Morgan fingerprint density at radius 1 is 1.19 bits per heavy atom. The summed E-state index contributed by atoms with van der Waals surface area (Å²) in [7, 11) is 1.66. The fraction of sp³-hybridized carbons (Fsp3) is 0.125. The molecule has 0 amide bonds. The predicted molar refractivity (Wildman–Crippen MR) is 86.4 cm³/mol. The molecule has 0 bridgehead atoms. The number of nitrogens with one attached hydrogen (secondary N) is 1. The molecule has 0 unspecified atom stereocenters. The van der Waals surface area contributed by atoms with E-state index < -0.39 is 0 Å². The molecule has 0 atom stereocenters. The lowest BCUT2D eigenvalue weighted by molar-refractivity contribution is 0.417. The Bertz CT molecular complexity index is 755. The van der Waals surface area contributed by atoms with Crippen molar-refractivity contribution in [3.63, 3.8) is 0 Å². The Morgan fingerprint density at radius 3 is 2.86 bits per heavy atom. The molecule has 0 fully saturated rings. The van der Waals surface area contributed by atoms with E-state index in [1.165, 1.54) is 0 Å². The van der Waals surface area contributed by atoms with E-state index in [4.69, 9.17) is 4.74 Å². The molecule has 21 heavy (non-hydrogen) atoms. The van der Waals surface area contributed by atoms with Gasteiger partial charge in [-0.1, -0.05) is 12.1 Å². The average molecular weight is 297 g/mol. The molecule has 2 aromatic heterocycles. The van der Waals surface area contributed by atoms with E-state index in [0.29, 0.717) is 0 Å². The molecule has 1 aromatic carbocycles. The number of thiazole rings is 1. The highest BCUT2D eigenvalue weighted by Gasteiger charge is 2.07. The summed E-state index contributed by atoms with van der Waals surface area (Å²) in [6.45, 7) is 2.02. The second-order valence-corrected chi connectivity index (χ2v) is 5.47. The van der Waals surface area contributed by atoms with Gasteiger partial charge in [-0.2, -0.15) is 0 Å². The molecule has 0 radical (unpaired) electrons. The summed E-state index contributed by atoms with van der Waals surface area (Å²) < 4.78 is 5.33. The van der Waals surface area contributed by atoms with E-state index in [1.807, 2.05) is 49.0 Å². The largest absolute Gasteiger partial charge is 0.495 e. The lowest BCUT2D eigenvalue weighted by atomic mass is 10.2. The molecule has 0 saturated carbocycles. The molecule has 1 N–H and O–H groups in total. The molecule has 5 heteroatoms. The van der Waals surface area contributed by atoms with E-state index in [9.17, 15) is 0 Å². The first-order valence-corrected chi connectivity index (χ1v) is 7.42. The van der Waals surface area contributed by atoms with Gasteiger partial charge in [0.05, 0.1) is 18.5 Å². The van der Waals surface area contributed by atoms with Gasteiger partial charge >= 0.3 is 0 Å². The van der Waals surface area contributed by atoms with Crippen molar-refractivity contribution in [2.24, 2.45) is 0 Å². The highest BCUT2D eigenvalue weighted by molar-refractivity contribution is 7.14. The SMILES string of the molecule is COc1ccccc1Nc1nc(-c2cncc(C)c2)cs1. The van der Waals surface area contributed by atoms with Gasteiger partial charge in [-0.25, -0.2) is 4.98 Å². The molecule has 0 aliphatic rings. The Balaban J connectivity index is 1.85. The van der Waals surface area contributed by atoms with Gasteiger partial charge in [0, 0.05) is 23.3 Å². The number of rotatable bonds is 4. The topological polar surface area (TPSA) is 47.0 Å². The summed E-state index contributed by atoms with van der Waals surface area (Å²) in [6.07, 6.45) is 3.67. The van der Waals surface area contributed by atoms with Crippen molar-refractivity contribution >= 4 is 22.2 Å². The van der Waals surface area contributed by atoms with Gasteiger partial charge in [0.2, 0.25) is 0 Å². The van der Waals surface area contributed by atoms with Crippen molar-refractivity contribution < 1.29 is 4.74 Å². The highest BCUT2D eigenvalue weighted by Crippen LogP contribution is 2.31. The molecule has 0 aliphatic carbocycles. The highest BCUT2D eigenvalue weighted by atomic mass is 32.1. The van der Waals surface area contributed by atoms with Crippen molar-refractivity contribution in [2.75, 3.05) is 12.4 Å². The molecular formula is C16H15N3OS. The maximum atomic E-state index is 5.33. The molecule has 3 rings (SSSR count). The molecule has 3 aromatic rings. The zero-order valence-corrected chi connectivity index (χ0v) is 12.6. The second-order valence-electron chi connectivity index (χ2n) is 4.61. The number of hydrogen-bond donors (Lipinski definition) is 1. The first-order chi connectivity index (χ1) is 10.3. The Morgan fingerprint density at radius 2 is 2.05 bits per heavy atom. The number of pyridine rings is 1. The third-order valence-corrected chi connectivity index (χ3v) is 3.78. The van der Waals surface area contributed by atoms with Crippen LogP contribution in [0, 0.1) is 6.92 Å². The lowest BCUT2D eigenvalue weighted by Crippen LogP contribution is -1.93. The smallest absolute Gasteiger partial charge is 0.187 e. The van der Waals surface area contributed by atoms with Gasteiger partial charge in [0.1, 0.15) is 5.75 Å². The van der Waals surface area contributed by atoms with Gasteiger partial charge in [0.25, 0.3) is 0 Å². The number of aromatic nitrogens is 2. The minimum atomic E-state index is 0.798. The number of hydrogen-bond acceptors (Lipinski definition) is 5. The second kappa shape index (κ2) is 5.93. The number of ether oxygens (including phenoxy) is 1. The normalized spacial score (nSPS) is 10.4. The summed E-state index contributed by atoms with van der Waals surface area (Å²) >= 11 is 1.56. The monoisotopic (exact) mass is 297 g/mol. The summed E-state index contributed by atoms with van der Waals surface area (Å²) in [4.78, 5) is 8.81. The van der Waals surface area contributed by atoms with E-state index in [0.717, 1.165) is 33.4 Å². The first kappa shape index (κ1) is 13.6. The van der Waals surface area contributed by atoms with Crippen LogP contribution >= 0.6 is 11.3 Å². The molecule has 0 aliphatic heterocycles. The average Bonchev–Trinajstić information content (AvgIpc) is 2.96. The predicted octanol–water partition coefficient (Wildman–Crippen LogP) is 4.27.